The third-order valence-electron chi connectivity index (χ3n) is 6.46. The van der Waals surface area contributed by atoms with Crippen LogP contribution in [0, 0.1) is 0 Å². The number of para-hydroxylation sites is 1. The molecule has 8 heteroatoms. The van der Waals surface area contributed by atoms with Crippen LogP contribution in [0.5, 0.6) is 5.75 Å². The highest BCUT2D eigenvalue weighted by atomic mass is 16.5. The SMILES string of the molecule is COc1ccccc1C(=O)N1CCC[C@@H]1c1c(-c2ccnc(N3CCCC3)n2)cnn1C. The molecular weight excluding hydrogens is 404 g/mol. The molecule has 8 nitrogen and oxygen atoms in total. The van der Waals surface area contributed by atoms with Crippen LogP contribution >= 0.6 is 0 Å². The van der Waals surface area contributed by atoms with Crippen molar-refractivity contribution < 1.29 is 9.53 Å². The number of likely N-dealkylation sites (tertiary alicyclic amines) is 1. The lowest BCUT2D eigenvalue weighted by atomic mass is 10.0. The van der Waals surface area contributed by atoms with Crippen molar-refractivity contribution in [3.8, 4) is 17.0 Å². The summed E-state index contributed by atoms with van der Waals surface area (Å²) < 4.78 is 7.32. The number of amides is 1. The highest BCUT2D eigenvalue weighted by Crippen LogP contribution is 2.38. The highest BCUT2D eigenvalue weighted by Gasteiger charge is 2.35. The van der Waals surface area contributed by atoms with Gasteiger partial charge in [0, 0.05) is 38.4 Å². The summed E-state index contributed by atoms with van der Waals surface area (Å²) in [7, 11) is 3.53. The van der Waals surface area contributed by atoms with Crippen molar-refractivity contribution in [1.82, 2.24) is 24.6 Å². The second-order valence-electron chi connectivity index (χ2n) is 8.36. The van der Waals surface area contributed by atoms with Crippen LogP contribution in [0.15, 0.2) is 42.7 Å². The van der Waals surface area contributed by atoms with Gasteiger partial charge in [-0.05, 0) is 43.9 Å². The second-order valence-corrected chi connectivity index (χ2v) is 8.36. The van der Waals surface area contributed by atoms with Crippen LogP contribution in [0.4, 0.5) is 5.95 Å². The molecule has 0 aliphatic carbocycles. The van der Waals surface area contributed by atoms with Crippen LogP contribution in [0.1, 0.15) is 47.8 Å². The fourth-order valence-electron chi connectivity index (χ4n) is 4.88. The molecule has 2 saturated heterocycles. The van der Waals surface area contributed by atoms with Crippen molar-refractivity contribution in [3.63, 3.8) is 0 Å². The number of carbonyl (C=O) groups excluding carboxylic acids is 1. The lowest BCUT2D eigenvalue weighted by molar-refractivity contribution is 0.0727. The Hall–Kier alpha value is -3.42. The van der Waals surface area contributed by atoms with Gasteiger partial charge in [0.2, 0.25) is 5.95 Å². The maximum atomic E-state index is 13.5. The van der Waals surface area contributed by atoms with Crippen LogP contribution in [0.3, 0.4) is 0 Å². The maximum Gasteiger partial charge on any atom is 0.258 e. The molecule has 1 atom stereocenters. The molecule has 0 saturated carbocycles. The van der Waals surface area contributed by atoms with E-state index in [0.29, 0.717) is 17.9 Å². The smallest absolute Gasteiger partial charge is 0.258 e. The van der Waals surface area contributed by atoms with Gasteiger partial charge in [0.15, 0.2) is 0 Å². The Morgan fingerprint density at radius 2 is 1.91 bits per heavy atom. The van der Waals surface area contributed by atoms with Gasteiger partial charge in [-0.3, -0.25) is 9.48 Å². The van der Waals surface area contributed by atoms with E-state index in [-0.39, 0.29) is 11.9 Å². The summed E-state index contributed by atoms with van der Waals surface area (Å²) in [5.74, 6) is 1.35. The van der Waals surface area contributed by atoms with Crippen molar-refractivity contribution in [1.29, 1.82) is 0 Å². The Balaban J connectivity index is 1.50. The van der Waals surface area contributed by atoms with Gasteiger partial charge in [-0.1, -0.05) is 12.1 Å². The van der Waals surface area contributed by atoms with Crippen molar-refractivity contribution in [2.75, 3.05) is 31.6 Å². The van der Waals surface area contributed by atoms with Crippen molar-refractivity contribution in [3.05, 3.63) is 54.0 Å². The molecule has 1 amide bonds. The van der Waals surface area contributed by atoms with Crippen LogP contribution in [-0.4, -0.2) is 57.3 Å². The standard InChI is InChI=1S/C24H28N6O2/c1-28-22(18(16-26-28)19-11-12-25-24(27-19)29-13-5-6-14-29)20-9-7-15-30(20)23(31)17-8-3-4-10-21(17)32-2/h3-4,8,10-12,16,20H,5-7,9,13-15H2,1-2H3/t20-/m1/s1. The van der Waals surface area contributed by atoms with Crippen LogP contribution in [-0.2, 0) is 7.05 Å². The first kappa shape index (κ1) is 20.5. The van der Waals surface area contributed by atoms with E-state index < -0.39 is 0 Å². The minimum atomic E-state index is -0.0693. The Kier molecular flexibility index (Phi) is 5.51. The van der Waals surface area contributed by atoms with Crippen LogP contribution in [0.2, 0.25) is 0 Å². The summed E-state index contributed by atoms with van der Waals surface area (Å²) in [5, 5.41) is 4.54. The number of ether oxygens (including phenoxy) is 1. The van der Waals surface area contributed by atoms with Crippen LogP contribution < -0.4 is 9.64 Å². The molecule has 2 fully saturated rings. The van der Waals surface area contributed by atoms with E-state index >= 15 is 0 Å². The molecule has 1 aromatic carbocycles. The van der Waals surface area contributed by atoms with E-state index in [1.54, 1.807) is 7.11 Å². The summed E-state index contributed by atoms with van der Waals surface area (Å²) in [5.41, 5.74) is 3.41. The van der Waals surface area contributed by atoms with Gasteiger partial charge < -0.3 is 14.5 Å². The van der Waals surface area contributed by atoms with E-state index in [1.165, 1.54) is 12.8 Å². The van der Waals surface area contributed by atoms with Gasteiger partial charge in [-0.2, -0.15) is 5.10 Å². The summed E-state index contributed by atoms with van der Waals surface area (Å²) in [4.78, 5) is 27.0. The second kappa shape index (κ2) is 8.61. The van der Waals surface area contributed by atoms with E-state index in [4.69, 9.17) is 9.72 Å². The Bertz CT molecular complexity index is 1120. The zero-order valence-corrected chi connectivity index (χ0v) is 18.6. The lowest BCUT2D eigenvalue weighted by Crippen LogP contribution is -2.32. The molecule has 0 unspecified atom stereocenters. The summed E-state index contributed by atoms with van der Waals surface area (Å²) >= 11 is 0. The zero-order chi connectivity index (χ0) is 22.1. The quantitative estimate of drug-likeness (QED) is 0.615. The lowest BCUT2D eigenvalue weighted by Gasteiger charge is -2.26. The first-order valence-corrected chi connectivity index (χ1v) is 11.2. The number of nitrogens with zero attached hydrogens (tertiary/aromatic N) is 6. The number of hydrogen-bond acceptors (Lipinski definition) is 6. The van der Waals surface area contributed by atoms with Gasteiger partial charge in [-0.15, -0.1) is 0 Å². The molecule has 3 aromatic rings. The molecule has 32 heavy (non-hydrogen) atoms. The highest BCUT2D eigenvalue weighted by molar-refractivity contribution is 5.97. The summed E-state index contributed by atoms with van der Waals surface area (Å²) in [6, 6.07) is 9.27. The summed E-state index contributed by atoms with van der Waals surface area (Å²) in [6.07, 6.45) is 7.85. The van der Waals surface area contributed by atoms with E-state index in [1.807, 2.05) is 59.4 Å². The van der Waals surface area contributed by atoms with E-state index in [9.17, 15) is 4.79 Å². The summed E-state index contributed by atoms with van der Waals surface area (Å²) in [6.45, 7) is 2.69. The van der Waals surface area contributed by atoms with Gasteiger partial charge >= 0.3 is 0 Å². The fraction of sp³-hybridized carbons (Fsp3) is 0.417. The molecule has 2 aromatic heterocycles. The average Bonchev–Trinajstić information content (AvgIpc) is 3.59. The number of anilines is 1. The minimum Gasteiger partial charge on any atom is -0.496 e. The molecule has 4 heterocycles. The molecular formula is C24H28N6O2. The van der Waals surface area contributed by atoms with Gasteiger partial charge in [-0.25, -0.2) is 9.97 Å². The molecule has 0 N–H and O–H groups in total. The van der Waals surface area contributed by atoms with E-state index in [2.05, 4.69) is 15.0 Å². The van der Waals surface area contributed by atoms with Gasteiger partial charge in [0.25, 0.3) is 5.91 Å². The largest absolute Gasteiger partial charge is 0.496 e. The molecule has 5 rings (SSSR count). The predicted molar refractivity (Wildman–Crippen MR) is 122 cm³/mol. The zero-order valence-electron chi connectivity index (χ0n) is 18.6. The number of hydrogen-bond donors (Lipinski definition) is 0. The molecule has 0 radical (unpaired) electrons. The average molecular weight is 433 g/mol. The topological polar surface area (TPSA) is 76.4 Å². The molecule has 0 spiro atoms. The number of carbonyl (C=O) groups is 1. The maximum absolute atomic E-state index is 13.5. The predicted octanol–water partition coefficient (Wildman–Crippen LogP) is 3.46. The molecule has 0 bridgehead atoms. The Labute approximate surface area is 187 Å². The van der Waals surface area contributed by atoms with E-state index in [0.717, 1.165) is 48.8 Å². The van der Waals surface area contributed by atoms with Crippen LogP contribution in [0.25, 0.3) is 11.3 Å². The van der Waals surface area contributed by atoms with Crippen molar-refractivity contribution in [2.24, 2.45) is 7.05 Å². The third kappa shape index (κ3) is 3.59. The van der Waals surface area contributed by atoms with Crippen molar-refractivity contribution >= 4 is 11.9 Å². The Morgan fingerprint density at radius 1 is 1.09 bits per heavy atom. The molecule has 166 valence electrons. The number of benzene rings is 1. The monoisotopic (exact) mass is 432 g/mol. The normalized spacial score (nSPS) is 18.4. The fourth-order valence-corrected chi connectivity index (χ4v) is 4.88. The number of methoxy groups -OCH3 is 1. The number of aromatic nitrogens is 4. The Morgan fingerprint density at radius 3 is 2.72 bits per heavy atom. The molecule has 2 aliphatic rings. The van der Waals surface area contributed by atoms with Crippen molar-refractivity contribution in [2.45, 2.75) is 31.7 Å². The first-order chi connectivity index (χ1) is 15.7. The molecule has 2 aliphatic heterocycles. The minimum absolute atomic E-state index is 0.0162. The number of aryl methyl sites for hydroxylation is 1. The first-order valence-electron chi connectivity index (χ1n) is 11.2. The number of rotatable bonds is 5. The van der Waals surface area contributed by atoms with Gasteiger partial charge in [0.1, 0.15) is 5.75 Å². The third-order valence-corrected chi connectivity index (χ3v) is 6.46. The van der Waals surface area contributed by atoms with Gasteiger partial charge in [0.05, 0.1) is 36.3 Å².